The molecule has 0 aliphatic carbocycles. The van der Waals surface area contributed by atoms with E-state index in [0.29, 0.717) is 26.1 Å². The molecule has 0 saturated carbocycles. The molecule has 1 N–H and O–H groups in total. The standard InChI is InChI=1S/C21H31N3O3/c1-3-24-18(19(25)22-11-14-27-2)15-21(20(24)26)9-12-23(13-10-21)16-17-7-5-4-6-8-17/h4-8,18H,3,9-16H2,1-2H3,(H,22,25). The average molecular weight is 373 g/mol. The highest BCUT2D eigenvalue weighted by molar-refractivity contribution is 5.94. The average Bonchev–Trinajstić information content (AvgIpc) is 2.96. The van der Waals surface area contributed by atoms with Gasteiger partial charge in [0.15, 0.2) is 0 Å². The van der Waals surface area contributed by atoms with Gasteiger partial charge < -0.3 is 15.0 Å². The van der Waals surface area contributed by atoms with Crippen molar-refractivity contribution in [3.05, 3.63) is 35.9 Å². The minimum absolute atomic E-state index is 0.0501. The summed E-state index contributed by atoms with van der Waals surface area (Å²) in [6.45, 7) is 6.22. The Kier molecular flexibility index (Phi) is 6.50. The molecule has 3 rings (SSSR count). The van der Waals surface area contributed by atoms with E-state index in [4.69, 9.17) is 4.74 Å². The number of carbonyl (C=O) groups is 2. The monoisotopic (exact) mass is 373 g/mol. The Morgan fingerprint density at radius 1 is 1.26 bits per heavy atom. The number of methoxy groups -OCH3 is 1. The lowest BCUT2D eigenvalue weighted by molar-refractivity contribution is -0.141. The number of benzene rings is 1. The molecular formula is C21H31N3O3. The number of piperidine rings is 1. The topological polar surface area (TPSA) is 61.9 Å². The van der Waals surface area contributed by atoms with Crippen molar-refractivity contribution in [3.63, 3.8) is 0 Å². The van der Waals surface area contributed by atoms with E-state index in [2.05, 4.69) is 34.5 Å². The van der Waals surface area contributed by atoms with Gasteiger partial charge in [0.1, 0.15) is 6.04 Å². The van der Waals surface area contributed by atoms with Crippen LogP contribution in [0.2, 0.25) is 0 Å². The quantitative estimate of drug-likeness (QED) is 0.739. The first-order valence-electron chi connectivity index (χ1n) is 9.93. The van der Waals surface area contributed by atoms with Crippen LogP contribution in [-0.2, 0) is 20.9 Å². The zero-order valence-electron chi connectivity index (χ0n) is 16.4. The fourth-order valence-corrected chi connectivity index (χ4v) is 4.40. The Balaban J connectivity index is 1.61. The number of likely N-dealkylation sites (N-methyl/N-ethyl adjacent to an activating group) is 1. The SMILES string of the molecule is CCN1C(=O)C2(CCN(Cc3ccccc3)CC2)CC1C(=O)NCCOC. The van der Waals surface area contributed by atoms with Crippen LogP contribution in [0, 0.1) is 5.41 Å². The molecule has 1 atom stereocenters. The van der Waals surface area contributed by atoms with E-state index in [0.717, 1.165) is 32.5 Å². The van der Waals surface area contributed by atoms with Crippen LogP contribution in [0.3, 0.4) is 0 Å². The Morgan fingerprint density at radius 2 is 1.96 bits per heavy atom. The van der Waals surface area contributed by atoms with Crippen molar-refractivity contribution in [2.24, 2.45) is 5.41 Å². The number of carbonyl (C=O) groups excluding carboxylic acids is 2. The van der Waals surface area contributed by atoms with Crippen molar-refractivity contribution in [3.8, 4) is 0 Å². The summed E-state index contributed by atoms with van der Waals surface area (Å²) in [7, 11) is 1.61. The second-order valence-corrected chi connectivity index (χ2v) is 7.64. The van der Waals surface area contributed by atoms with Gasteiger partial charge in [-0.05, 0) is 44.8 Å². The highest BCUT2D eigenvalue weighted by Gasteiger charge is 2.53. The van der Waals surface area contributed by atoms with Gasteiger partial charge in [-0.15, -0.1) is 0 Å². The van der Waals surface area contributed by atoms with Gasteiger partial charge in [-0.1, -0.05) is 30.3 Å². The van der Waals surface area contributed by atoms with Crippen molar-refractivity contribution >= 4 is 11.8 Å². The lowest BCUT2D eigenvalue weighted by atomic mass is 9.76. The predicted molar refractivity (Wildman–Crippen MR) is 104 cm³/mol. The molecule has 2 aliphatic rings. The number of ether oxygens (including phenoxy) is 1. The number of amides is 2. The molecule has 2 aliphatic heterocycles. The number of hydrogen-bond acceptors (Lipinski definition) is 4. The summed E-state index contributed by atoms with van der Waals surface area (Å²) in [5, 5.41) is 2.91. The second kappa shape index (κ2) is 8.85. The zero-order valence-corrected chi connectivity index (χ0v) is 16.4. The Bertz CT molecular complexity index is 641. The molecule has 1 aromatic rings. The van der Waals surface area contributed by atoms with Gasteiger partial charge in [-0.3, -0.25) is 14.5 Å². The van der Waals surface area contributed by atoms with Crippen LogP contribution in [0.25, 0.3) is 0 Å². The number of rotatable bonds is 7. The third-order valence-corrected chi connectivity index (χ3v) is 5.99. The summed E-state index contributed by atoms with van der Waals surface area (Å²) < 4.78 is 5.00. The molecule has 1 unspecified atom stereocenters. The van der Waals surface area contributed by atoms with Crippen LogP contribution in [0.15, 0.2) is 30.3 Å². The summed E-state index contributed by atoms with van der Waals surface area (Å²) in [5.41, 5.74) is 0.934. The first kappa shape index (κ1) is 19.8. The van der Waals surface area contributed by atoms with Gasteiger partial charge in [0.2, 0.25) is 11.8 Å². The Labute approximate surface area is 161 Å². The largest absolute Gasteiger partial charge is 0.383 e. The van der Waals surface area contributed by atoms with Crippen molar-refractivity contribution in [1.82, 2.24) is 15.1 Å². The van der Waals surface area contributed by atoms with Crippen LogP contribution < -0.4 is 5.32 Å². The molecule has 6 heteroatoms. The second-order valence-electron chi connectivity index (χ2n) is 7.64. The maximum Gasteiger partial charge on any atom is 0.242 e. The smallest absolute Gasteiger partial charge is 0.242 e. The van der Waals surface area contributed by atoms with E-state index in [9.17, 15) is 9.59 Å². The molecular weight excluding hydrogens is 342 g/mol. The first-order chi connectivity index (χ1) is 13.1. The number of likely N-dealkylation sites (tertiary alicyclic amines) is 2. The van der Waals surface area contributed by atoms with Crippen molar-refractivity contribution in [2.75, 3.05) is 39.9 Å². The third kappa shape index (κ3) is 4.33. The maximum absolute atomic E-state index is 13.1. The van der Waals surface area contributed by atoms with E-state index in [1.165, 1.54) is 5.56 Å². The number of hydrogen-bond donors (Lipinski definition) is 1. The van der Waals surface area contributed by atoms with E-state index < -0.39 is 0 Å². The zero-order chi connectivity index (χ0) is 19.3. The minimum Gasteiger partial charge on any atom is -0.383 e. The van der Waals surface area contributed by atoms with Crippen LogP contribution >= 0.6 is 0 Å². The highest BCUT2D eigenvalue weighted by Crippen LogP contribution is 2.44. The van der Waals surface area contributed by atoms with Gasteiger partial charge in [0.25, 0.3) is 0 Å². The van der Waals surface area contributed by atoms with E-state index in [1.54, 1.807) is 12.0 Å². The summed E-state index contributed by atoms with van der Waals surface area (Å²) in [4.78, 5) is 29.9. The van der Waals surface area contributed by atoms with Gasteiger partial charge in [0, 0.05) is 26.7 Å². The molecule has 2 heterocycles. The normalized spacial score (nSPS) is 22.4. The lowest BCUT2D eigenvalue weighted by Crippen LogP contribution is -2.46. The Morgan fingerprint density at radius 3 is 2.59 bits per heavy atom. The first-order valence-corrected chi connectivity index (χ1v) is 9.93. The Hall–Kier alpha value is -1.92. The molecule has 1 aromatic carbocycles. The molecule has 0 radical (unpaired) electrons. The molecule has 2 fully saturated rings. The molecule has 6 nitrogen and oxygen atoms in total. The molecule has 0 bridgehead atoms. The van der Waals surface area contributed by atoms with E-state index in [1.807, 2.05) is 13.0 Å². The van der Waals surface area contributed by atoms with E-state index >= 15 is 0 Å². The molecule has 148 valence electrons. The highest BCUT2D eigenvalue weighted by atomic mass is 16.5. The third-order valence-electron chi connectivity index (χ3n) is 5.99. The summed E-state index contributed by atoms with van der Waals surface area (Å²) in [5.74, 6) is 0.113. The molecule has 2 saturated heterocycles. The summed E-state index contributed by atoms with van der Waals surface area (Å²) >= 11 is 0. The van der Waals surface area contributed by atoms with Gasteiger partial charge in [0.05, 0.1) is 12.0 Å². The molecule has 2 amide bonds. The van der Waals surface area contributed by atoms with Crippen LogP contribution in [0.5, 0.6) is 0 Å². The van der Waals surface area contributed by atoms with Crippen molar-refractivity contribution < 1.29 is 14.3 Å². The lowest BCUT2D eigenvalue weighted by Gasteiger charge is -2.37. The minimum atomic E-state index is -0.369. The molecule has 27 heavy (non-hydrogen) atoms. The van der Waals surface area contributed by atoms with Crippen LogP contribution in [-0.4, -0.2) is 67.6 Å². The molecule has 1 spiro atoms. The van der Waals surface area contributed by atoms with E-state index in [-0.39, 0.29) is 23.3 Å². The van der Waals surface area contributed by atoms with Crippen LogP contribution in [0.1, 0.15) is 31.7 Å². The number of nitrogens with zero attached hydrogens (tertiary/aromatic N) is 2. The van der Waals surface area contributed by atoms with Gasteiger partial charge in [-0.2, -0.15) is 0 Å². The van der Waals surface area contributed by atoms with Crippen molar-refractivity contribution in [2.45, 2.75) is 38.8 Å². The van der Waals surface area contributed by atoms with Crippen molar-refractivity contribution in [1.29, 1.82) is 0 Å². The fraction of sp³-hybridized carbons (Fsp3) is 0.619. The maximum atomic E-state index is 13.1. The van der Waals surface area contributed by atoms with Crippen LogP contribution in [0.4, 0.5) is 0 Å². The fourth-order valence-electron chi connectivity index (χ4n) is 4.40. The summed E-state index contributed by atoms with van der Waals surface area (Å²) in [6, 6.07) is 10.1. The predicted octanol–water partition coefficient (Wildman–Crippen LogP) is 1.65. The van der Waals surface area contributed by atoms with Gasteiger partial charge >= 0.3 is 0 Å². The van der Waals surface area contributed by atoms with Gasteiger partial charge in [-0.25, -0.2) is 0 Å². The molecule has 0 aromatic heterocycles. The number of nitrogens with one attached hydrogen (secondary N) is 1. The summed E-state index contributed by atoms with van der Waals surface area (Å²) in [6.07, 6.45) is 2.30.